The van der Waals surface area contributed by atoms with Crippen molar-refractivity contribution in [3.63, 3.8) is 0 Å². The summed E-state index contributed by atoms with van der Waals surface area (Å²) in [5.74, 6) is 0.621. The Morgan fingerprint density at radius 3 is 2.29 bits per heavy atom. The third-order valence-corrected chi connectivity index (χ3v) is 7.59. The number of sulfonamides is 1. The zero-order chi connectivity index (χ0) is 22.4. The molecule has 0 aromatic heterocycles. The number of hydrogen-bond acceptors (Lipinski definition) is 4. The van der Waals surface area contributed by atoms with Crippen LogP contribution in [-0.2, 0) is 20.6 Å². The number of benzene rings is 2. The molecule has 1 heterocycles. The van der Waals surface area contributed by atoms with Gasteiger partial charge in [0.15, 0.2) is 0 Å². The van der Waals surface area contributed by atoms with Gasteiger partial charge in [0.25, 0.3) is 0 Å². The van der Waals surface area contributed by atoms with Crippen LogP contribution in [0.5, 0.6) is 5.75 Å². The molecule has 31 heavy (non-hydrogen) atoms. The summed E-state index contributed by atoms with van der Waals surface area (Å²) < 4.78 is 32.5. The second kappa shape index (κ2) is 10.3. The number of piperidine rings is 1. The quantitative estimate of drug-likeness (QED) is 0.672. The average molecular weight is 445 g/mol. The van der Waals surface area contributed by atoms with Crippen LogP contribution in [0.1, 0.15) is 49.4 Å². The van der Waals surface area contributed by atoms with Crippen molar-refractivity contribution in [2.24, 2.45) is 5.92 Å². The molecule has 2 aromatic rings. The Bertz CT molecular complexity index is 964. The lowest BCUT2D eigenvalue weighted by Gasteiger charge is -2.31. The van der Waals surface area contributed by atoms with Crippen LogP contribution in [-0.4, -0.2) is 38.3 Å². The zero-order valence-corrected chi connectivity index (χ0v) is 19.3. The van der Waals surface area contributed by atoms with E-state index in [0.717, 1.165) is 22.4 Å². The lowest BCUT2D eigenvalue weighted by Crippen LogP contribution is -2.43. The molecule has 7 heteroatoms. The van der Waals surface area contributed by atoms with Crippen LogP contribution in [0.2, 0.25) is 0 Å². The molecule has 1 atom stereocenters. The SMILES string of the molecule is CCOc1ccc([C@@H](C)NC(=O)C2CCN(S(=O)(=O)Cc3ccc(C)cc3)CC2)cc1. The summed E-state index contributed by atoms with van der Waals surface area (Å²) in [5.41, 5.74) is 2.90. The van der Waals surface area contributed by atoms with Gasteiger partial charge in [-0.3, -0.25) is 4.79 Å². The molecule has 0 saturated carbocycles. The van der Waals surface area contributed by atoms with Gasteiger partial charge < -0.3 is 10.1 Å². The summed E-state index contributed by atoms with van der Waals surface area (Å²) in [6, 6.07) is 15.2. The molecule has 1 saturated heterocycles. The molecule has 0 unspecified atom stereocenters. The smallest absolute Gasteiger partial charge is 0.223 e. The molecule has 1 fully saturated rings. The molecule has 0 spiro atoms. The summed E-state index contributed by atoms with van der Waals surface area (Å²) in [7, 11) is -3.38. The molecule has 1 amide bonds. The van der Waals surface area contributed by atoms with Crippen molar-refractivity contribution < 1.29 is 17.9 Å². The van der Waals surface area contributed by atoms with Crippen LogP contribution in [0.3, 0.4) is 0 Å². The van der Waals surface area contributed by atoms with Crippen molar-refractivity contribution >= 4 is 15.9 Å². The highest BCUT2D eigenvalue weighted by Crippen LogP contribution is 2.24. The van der Waals surface area contributed by atoms with Crippen molar-refractivity contribution in [3.8, 4) is 5.75 Å². The van der Waals surface area contributed by atoms with Gasteiger partial charge in [-0.25, -0.2) is 12.7 Å². The third kappa shape index (κ3) is 6.31. The van der Waals surface area contributed by atoms with E-state index in [1.54, 1.807) is 0 Å². The molecular formula is C24H32N2O4S. The lowest BCUT2D eigenvalue weighted by atomic mass is 9.96. The minimum absolute atomic E-state index is 0.00107. The van der Waals surface area contributed by atoms with E-state index < -0.39 is 10.0 Å². The molecule has 6 nitrogen and oxygen atoms in total. The Hall–Kier alpha value is -2.38. The molecule has 1 aliphatic rings. The Balaban J connectivity index is 1.51. The predicted octanol–water partition coefficient (Wildman–Crippen LogP) is 3.81. The largest absolute Gasteiger partial charge is 0.494 e. The molecule has 0 radical (unpaired) electrons. The second-order valence-corrected chi connectivity index (χ2v) is 10.1. The van der Waals surface area contributed by atoms with Gasteiger partial charge in [0.2, 0.25) is 15.9 Å². The highest BCUT2D eigenvalue weighted by atomic mass is 32.2. The van der Waals surface area contributed by atoms with Gasteiger partial charge in [0.1, 0.15) is 5.75 Å². The minimum atomic E-state index is -3.38. The number of ether oxygens (including phenoxy) is 1. The van der Waals surface area contributed by atoms with Crippen molar-refractivity contribution in [2.45, 2.75) is 45.4 Å². The fourth-order valence-electron chi connectivity index (χ4n) is 3.82. The van der Waals surface area contributed by atoms with Crippen LogP contribution in [0.15, 0.2) is 48.5 Å². The first-order valence-electron chi connectivity index (χ1n) is 10.8. The van der Waals surface area contributed by atoms with E-state index in [1.807, 2.05) is 69.3 Å². The molecule has 168 valence electrons. The van der Waals surface area contributed by atoms with Gasteiger partial charge in [0.05, 0.1) is 18.4 Å². The maximum atomic E-state index is 12.8. The zero-order valence-electron chi connectivity index (χ0n) is 18.5. The topological polar surface area (TPSA) is 75.7 Å². The van der Waals surface area contributed by atoms with Crippen molar-refractivity contribution in [1.29, 1.82) is 0 Å². The molecule has 0 bridgehead atoms. The van der Waals surface area contributed by atoms with Gasteiger partial charge in [-0.05, 0) is 56.9 Å². The van der Waals surface area contributed by atoms with Crippen LogP contribution >= 0.6 is 0 Å². The number of rotatable bonds is 8. The normalized spacial score (nSPS) is 16.6. The van der Waals surface area contributed by atoms with E-state index in [-0.39, 0.29) is 23.6 Å². The highest BCUT2D eigenvalue weighted by molar-refractivity contribution is 7.88. The van der Waals surface area contributed by atoms with E-state index in [1.165, 1.54) is 4.31 Å². The number of carbonyl (C=O) groups excluding carboxylic acids is 1. The number of aryl methyl sites for hydroxylation is 1. The monoisotopic (exact) mass is 444 g/mol. The standard InChI is InChI=1S/C24H32N2O4S/c1-4-30-23-11-9-21(10-12-23)19(3)25-24(27)22-13-15-26(16-14-22)31(28,29)17-20-7-5-18(2)6-8-20/h5-12,19,22H,4,13-17H2,1-3H3,(H,25,27)/t19-/m1/s1. The first-order valence-corrected chi connectivity index (χ1v) is 12.5. The first kappa shape index (κ1) is 23.3. The number of hydrogen-bond donors (Lipinski definition) is 1. The van der Waals surface area contributed by atoms with E-state index in [9.17, 15) is 13.2 Å². The van der Waals surface area contributed by atoms with Gasteiger partial charge in [-0.1, -0.05) is 42.0 Å². The highest BCUT2D eigenvalue weighted by Gasteiger charge is 2.31. The molecule has 1 N–H and O–H groups in total. The lowest BCUT2D eigenvalue weighted by molar-refractivity contribution is -0.126. The van der Waals surface area contributed by atoms with E-state index >= 15 is 0 Å². The van der Waals surface area contributed by atoms with Gasteiger partial charge >= 0.3 is 0 Å². The number of amides is 1. The first-order chi connectivity index (χ1) is 14.8. The minimum Gasteiger partial charge on any atom is -0.494 e. The van der Waals surface area contributed by atoms with Crippen LogP contribution < -0.4 is 10.1 Å². The number of nitrogens with zero attached hydrogens (tertiary/aromatic N) is 1. The fourth-order valence-corrected chi connectivity index (χ4v) is 5.38. The van der Waals surface area contributed by atoms with Crippen molar-refractivity contribution in [1.82, 2.24) is 9.62 Å². The molecule has 2 aromatic carbocycles. The maximum Gasteiger partial charge on any atom is 0.223 e. The Labute approximate surface area is 185 Å². The Morgan fingerprint density at radius 1 is 1.10 bits per heavy atom. The molecular weight excluding hydrogens is 412 g/mol. The van der Waals surface area contributed by atoms with Gasteiger partial charge in [0, 0.05) is 19.0 Å². The van der Waals surface area contributed by atoms with Crippen LogP contribution in [0.4, 0.5) is 0 Å². The summed E-state index contributed by atoms with van der Waals surface area (Å²) in [4.78, 5) is 12.7. The summed E-state index contributed by atoms with van der Waals surface area (Å²) in [6.45, 7) is 7.24. The third-order valence-electron chi connectivity index (χ3n) is 5.74. The van der Waals surface area contributed by atoms with Crippen LogP contribution in [0.25, 0.3) is 0 Å². The summed E-state index contributed by atoms with van der Waals surface area (Å²) in [5, 5.41) is 3.07. The second-order valence-electron chi connectivity index (χ2n) is 8.15. The summed E-state index contributed by atoms with van der Waals surface area (Å²) in [6.07, 6.45) is 1.07. The van der Waals surface area contributed by atoms with Crippen LogP contribution in [0, 0.1) is 12.8 Å². The predicted molar refractivity (Wildman–Crippen MR) is 122 cm³/mol. The molecule has 0 aliphatic carbocycles. The average Bonchev–Trinajstić information content (AvgIpc) is 2.76. The number of carbonyl (C=O) groups is 1. The Kier molecular flexibility index (Phi) is 7.73. The van der Waals surface area contributed by atoms with Gasteiger partial charge in [-0.15, -0.1) is 0 Å². The van der Waals surface area contributed by atoms with E-state index in [0.29, 0.717) is 32.5 Å². The number of nitrogens with one attached hydrogen (secondary N) is 1. The molecule has 3 rings (SSSR count). The van der Waals surface area contributed by atoms with Crippen molar-refractivity contribution in [2.75, 3.05) is 19.7 Å². The van der Waals surface area contributed by atoms with E-state index in [4.69, 9.17) is 4.74 Å². The van der Waals surface area contributed by atoms with Crippen molar-refractivity contribution in [3.05, 3.63) is 65.2 Å². The van der Waals surface area contributed by atoms with Gasteiger partial charge in [-0.2, -0.15) is 0 Å². The van der Waals surface area contributed by atoms with E-state index in [2.05, 4.69) is 5.32 Å². The fraction of sp³-hybridized carbons (Fsp3) is 0.458. The summed E-state index contributed by atoms with van der Waals surface area (Å²) >= 11 is 0. The molecule has 1 aliphatic heterocycles. The maximum absolute atomic E-state index is 12.8. The Morgan fingerprint density at radius 2 is 1.71 bits per heavy atom.